The fourth-order valence-corrected chi connectivity index (χ4v) is 4.45. The van der Waals surface area contributed by atoms with E-state index in [1.165, 1.54) is 0 Å². The second kappa shape index (κ2) is 7.03. The number of halogens is 2. The second-order valence-electron chi connectivity index (χ2n) is 7.35. The van der Waals surface area contributed by atoms with Gasteiger partial charge in [-0.1, -0.05) is 34.4 Å². The standard InChI is InChI=1S/C19H20Cl2N2O4/c20-11-2-1-3-12(21)15(11)16-10(17(27-23-16)9-4-5-9)6-24-14-8-26-18-13(22)7-25-19(14)18/h1-3,9,13-14,18-19H,4-8,22H2/t13-,14-,18-,19-/m1/s1. The first kappa shape index (κ1) is 17.9. The summed E-state index contributed by atoms with van der Waals surface area (Å²) in [4.78, 5) is 0. The molecule has 2 aliphatic heterocycles. The average molecular weight is 411 g/mol. The Morgan fingerprint density at radius 3 is 2.59 bits per heavy atom. The van der Waals surface area contributed by atoms with Crippen LogP contribution >= 0.6 is 23.2 Å². The molecule has 4 atom stereocenters. The van der Waals surface area contributed by atoms with Crippen LogP contribution in [0.1, 0.15) is 30.1 Å². The second-order valence-corrected chi connectivity index (χ2v) is 8.17. The van der Waals surface area contributed by atoms with Gasteiger partial charge in [0.1, 0.15) is 29.8 Å². The highest BCUT2D eigenvalue weighted by Crippen LogP contribution is 2.46. The smallest absolute Gasteiger partial charge is 0.145 e. The Morgan fingerprint density at radius 2 is 1.85 bits per heavy atom. The van der Waals surface area contributed by atoms with Crippen molar-refractivity contribution in [3.63, 3.8) is 0 Å². The number of rotatable bonds is 5. The Morgan fingerprint density at radius 1 is 1.11 bits per heavy atom. The Hall–Kier alpha value is -1.15. The molecule has 1 saturated carbocycles. The number of aromatic nitrogens is 1. The monoisotopic (exact) mass is 410 g/mol. The van der Waals surface area contributed by atoms with Gasteiger partial charge in [-0.05, 0) is 25.0 Å². The van der Waals surface area contributed by atoms with Crippen molar-refractivity contribution >= 4 is 23.2 Å². The third-order valence-corrected chi connectivity index (χ3v) is 6.08. The van der Waals surface area contributed by atoms with Crippen molar-refractivity contribution in [1.29, 1.82) is 0 Å². The molecule has 3 heterocycles. The molecule has 2 aromatic rings. The van der Waals surface area contributed by atoms with Crippen LogP contribution in [0, 0.1) is 0 Å². The summed E-state index contributed by atoms with van der Waals surface area (Å²) in [6.45, 7) is 1.30. The number of hydrogen-bond donors (Lipinski definition) is 1. The summed E-state index contributed by atoms with van der Waals surface area (Å²) < 4.78 is 23.4. The predicted octanol–water partition coefficient (Wildman–Crippen LogP) is 3.54. The molecule has 3 aliphatic rings. The molecule has 1 aromatic carbocycles. The Balaban J connectivity index is 1.43. The molecule has 2 N–H and O–H groups in total. The Labute approximate surface area is 166 Å². The number of nitrogens with zero attached hydrogens (tertiary/aromatic N) is 1. The van der Waals surface area contributed by atoms with E-state index in [1.54, 1.807) is 12.1 Å². The van der Waals surface area contributed by atoms with Gasteiger partial charge < -0.3 is 24.5 Å². The van der Waals surface area contributed by atoms with Crippen molar-refractivity contribution in [2.75, 3.05) is 13.2 Å². The molecule has 0 bridgehead atoms. The van der Waals surface area contributed by atoms with Crippen LogP contribution in [0.2, 0.25) is 10.0 Å². The maximum atomic E-state index is 6.40. The number of fused-ring (bicyclic) bond motifs is 1. The highest BCUT2D eigenvalue weighted by Gasteiger charge is 2.47. The van der Waals surface area contributed by atoms with Crippen molar-refractivity contribution < 1.29 is 18.7 Å². The molecule has 8 heteroatoms. The number of hydrogen-bond acceptors (Lipinski definition) is 6. The number of benzene rings is 1. The van der Waals surface area contributed by atoms with Crippen molar-refractivity contribution in [2.45, 2.75) is 49.7 Å². The van der Waals surface area contributed by atoms with E-state index in [1.807, 2.05) is 6.07 Å². The van der Waals surface area contributed by atoms with Crippen LogP contribution < -0.4 is 5.73 Å². The lowest BCUT2D eigenvalue weighted by atomic mass is 10.0. The van der Waals surface area contributed by atoms with Gasteiger partial charge in [0.05, 0.1) is 35.9 Å². The summed E-state index contributed by atoms with van der Waals surface area (Å²) >= 11 is 12.8. The maximum Gasteiger partial charge on any atom is 0.145 e. The van der Waals surface area contributed by atoms with Crippen LogP contribution in [0.4, 0.5) is 0 Å². The van der Waals surface area contributed by atoms with E-state index in [0.717, 1.165) is 24.2 Å². The summed E-state index contributed by atoms with van der Waals surface area (Å²) in [6.07, 6.45) is 1.79. The minimum absolute atomic E-state index is 0.0984. The van der Waals surface area contributed by atoms with Gasteiger partial charge in [-0.25, -0.2) is 0 Å². The first-order valence-electron chi connectivity index (χ1n) is 9.16. The number of ether oxygens (including phenoxy) is 3. The molecule has 6 nitrogen and oxygen atoms in total. The van der Waals surface area contributed by atoms with Gasteiger partial charge in [-0.2, -0.15) is 0 Å². The van der Waals surface area contributed by atoms with Gasteiger partial charge in [0, 0.05) is 17.0 Å². The molecule has 5 rings (SSSR count). The van der Waals surface area contributed by atoms with Gasteiger partial charge in [-0.3, -0.25) is 0 Å². The lowest BCUT2D eigenvalue weighted by Crippen LogP contribution is -2.37. The Bertz CT molecular complexity index is 834. The van der Waals surface area contributed by atoms with Crippen LogP contribution in [0.25, 0.3) is 11.3 Å². The zero-order valence-electron chi connectivity index (χ0n) is 14.6. The lowest BCUT2D eigenvalue weighted by molar-refractivity contribution is -0.0392. The molecule has 144 valence electrons. The zero-order chi connectivity index (χ0) is 18.5. The third-order valence-electron chi connectivity index (χ3n) is 5.45. The molecule has 1 aromatic heterocycles. The molecule has 0 radical (unpaired) electrons. The minimum atomic E-state index is -0.167. The summed E-state index contributed by atoms with van der Waals surface area (Å²) in [7, 11) is 0. The van der Waals surface area contributed by atoms with Gasteiger partial charge in [0.15, 0.2) is 0 Å². The zero-order valence-corrected chi connectivity index (χ0v) is 16.1. The predicted molar refractivity (Wildman–Crippen MR) is 100.0 cm³/mol. The van der Waals surface area contributed by atoms with E-state index in [9.17, 15) is 0 Å². The normalized spacial score (nSPS) is 30.0. The lowest BCUT2D eigenvalue weighted by Gasteiger charge is -2.17. The van der Waals surface area contributed by atoms with Gasteiger partial charge >= 0.3 is 0 Å². The third kappa shape index (κ3) is 3.18. The quantitative estimate of drug-likeness (QED) is 0.811. The summed E-state index contributed by atoms with van der Waals surface area (Å²) in [5.74, 6) is 1.25. The largest absolute Gasteiger partial charge is 0.371 e. The molecule has 1 aliphatic carbocycles. The van der Waals surface area contributed by atoms with E-state index in [-0.39, 0.29) is 24.4 Å². The highest BCUT2D eigenvalue weighted by atomic mass is 35.5. The van der Waals surface area contributed by atoms with Crippen LogP contribution in [-0.2, 0) is 20.8 Å². The van der Waals surface area contributed by atoms with E-state index in [0.29, 0.717) is 47.0 Å². The average Bonchev–Trinajstić information content (AvgIpc) is 3.12. The van der Waals surface area contributed by atoms with Crippen molar-refractivity contribution in [1.82, 2.24) is 5.16 Å². The summed E-state index contributed by atoms with van der Waals surface area (Å²) in [6, 6.07) is 5.30. The van der Waals surface area contributed by atoms with Gasteiger partial charge in [0.2, 0.25) is 0 Å². The summed E-state index contributed by atoms with van der Waals surface area (Å²) in [5, 5.41) is 5.36. The molecule has 2 saturated heterocycles. The first-order valence-corrected chi connectivity index (χ1v) is 9.92. The van der Waals surface area contributed by atoms with Crippen molar-refractivity contribution in [2.24, 2.45) is 5.73 Å². The van der Waals surface area contributed by atoms with Crippen molar-refractivity contribution in [3.8, 4) is 11.3 Å². The molecular weight excluding hydrogens is 391 g/mol. The fourth-order valence-electron chi connectivity index (χ4n) is 3.88. The molecular formula is C19H20Cl2N2O4. The SMILES string of the molecule is N[C@@H]1CO[C@H]2[C@@H]1OC[C@H]2OCc1c(-c2c(Cl)cccc2Cl)noc1C1CC1. The molecule has 0 unspecified atom stereocenters. The van der Waals surface area contributed by atoms with Crippen LogP contribution in [-0.4, -0.2) is 42.7 Å². The van der Waals surface area contributed by atoms with Gasteiger partial charge in [-0.15, -0.1) is 0 Å². The number of nitrogens with two attached hydrogens (primary N) is 1. The van der Waals surface area contributed by atoms with Crippen LogP contribution in [0.15, 0.2) is 22.7 Å². The molecule has 0 spiro atoms. The topological polar surface area (TPSA) is 79.7 Å². The molecule has 27 heavy (non-hydrogen) atoms. The maximum absolute atomic E-state index is 6.40. The van der Waals surface area contributed by atoms with Gasteiger partial charge in [0.25, 0.3) is 0 Å². The molecule has 3 fully saturated rings. The minimum Gasteiger partial charge on any atom is -0.371 e. The van der Waals surface area contributed by atoms with Crippen molar-refractivity contribution in [3.05, 3.63) is 39.6 Å². The van der Waals surface area contributed by atoms with E-state index in [4.69, 9.17) is 47.7 Å². The van der Waals surface area contributed by atoms with E-state index in [2.05, 4.69) is 5.16 Å². The highest BCUT2D eigenvalue weighted by molar-refractivity contribution is 6.39. The first-order chi connectivity index (χ1) is 13.1. The van der Waals surface area contributed by atoms with Crippen LogP contribution in [0.3, 0.4) is 0 Å². The Kier molecular flexibility index (Phi) is 4.66. The summed E-state index contributed by atoms with van der Waals surface area (Å²) in [5.41, 5.74) is 8.24. The van der Waals surface area contributed by atoms with Crippen LogP contribution in [0.5, 0.6) is 0 Å². The van der Waals surface area contributed by atoms with E-state index < -0.39 is 0 Å². The molecule has 0 amide bonds. The van der Waals surface area contributed by atoms with E-state index >= 15 is 0 Å². The fraction of sp³-hybridized carbons (Fsp3) is 0.526.